The lowest BCUT2D eigenvalue weighted by atomic mass is 10.0. The fraction of sp³-hybridized carbons (Fsp3) is 0.0833. The van der Waals surface area contributed by atoms with Crippen LogP contribution in [0, 0.1) is 0 Å². The first kappa shape index (κ1) is 22.9. The standard InChI is InChI=1S/C24H18Cl2N4O2S/c25-17-10-6-9-16(14-17)23-29-30-24(33-23)28-22(32)20(13-15-7-2-1-3-8-15)27-21(31)18-11-4-5-12-19(18)26/h1-12,14,20H,13H2,(H,27,31)(H,28,30,32). The second-order valence-electron chi connectivity index (χ2n) is 7.11. The molecule has 1 unspecified atom stereocenters. The highest BCUT2D eigenvalue weighted by Crippen LogP contribution is 2.28. The van der Waals surface area contributed by atoms with Crippen molar-refractivity contribution in [3.8, 4) is 10.6 Å². The van der Waals surface area contributed by atoms with Crippen LogP contribution in [0.1, 0.15) is 15.9 Å². The Morgan fingerprint density at radius 1 is 0.909 bits per heavy atom. The van der Waals surface area contributed by atoms with E-state index >= 15 is 0 Å². The first-order chi connectivity index (χ1) is 16.0. The van der Waals surface area contributed by atoms with E-state index in [0.29, 0.717) is 32.2 Å². The van der Waals surface area contributed by atoms with Crippen LogP contribution in [0.2, 0.25) is 10.0 Å². The van der Waals surface area contributed by atoms with Gasteiger partial charge in [0.25, 0.3) is 5.91 Å². The van der Waals surface area contributed by atoms with Gasteiger partial charge in [-0.25, -0.2) is 0 Å². The lowest BCUT2D eigenvalue weighted by molar-refractivity contribution is -0.118. The van der Waals surface area contributed by atoms with Crippen molar-refractivity contribution in [2.45, 2.75) is 12.5 Å². The number of rotatable bonds is 7. The molecule has 4 aromatic rings. The average molecular weight is 497 g/mol. The Bertz CT molecular complexity index is 1280. The molecule has 4 rings (SSSR count). The number of anilines is 1. The zero-order chi connectivity index (χ0) is 23.2. The van der Waals surface area contributed by atoms with Crippen LogP contribution in [0.15, 0.2) is 78.9 Å². The van der Waals surface area contributed by atoms with Crippen molar-refractivity contribution >= 4 is 51.5 Å². The van der Waals surface area contributed by atoms with Gasteiger partial charge in [0, 0.05) is 17.0 Å². The van der Waals surface area contributed by atoms with Crippen LogP contribution in [0.5, 0.6) is 0 Å². The maximum Gasteiger partial charge on any atom is 0.253 e. The second-order valence-corrected chi connectivity index (χ2v) is 8.93. The summed E-state index contributed by atoms with van der Waals surface area (Å²) in [4.78, 5) is 26.0. The number of carbonyl (C=O) groups is 2. The predicted molar refractivity (Wildman–Crippen MR) is 132 cm³/mol. The van der Waals surface area contributed by atoms with E-state index < -0.39 is 17.9 Å². The molecule has 1 aromatic heterocycles. The van der Waals surface area contributed by atoms with E-state index in [0.717, 1.165) is 11.1 Å². The van der Waals surface area contributed by atoms with Crippen LogP contribution in [-0.2, 0) is 11.2 Å². The number of hydrogen-bond donors (Lipinski definition) is 2. The van der Waals surface area contributed by atoms with Crippen molar-refractivity contribution in [2.24, 2.45) is 0 Å². The van der Waals surface area contributed by atoms with Gasteiger partial charge >= 0.3 is 0 Å². The molecule has 1 heterocycles. The molecule has 9 heteroatoms. The van der Waals surface area contributed by atoms with Crippen molar-refractivity contribution in [3.05, 3.63) is 100 Å². The summed E-state index contributed by atoms with van der Waals surface area (Å²) in [5.74, 6) is -0.846. The van der Waals surface area contributed by atoms with Gasteiger partial charge in [-0.15, -0.1) is 10.2 Å². The third kappa shape index (κ3) is 5.96. The molecule has 2 N–H and O–H groups in total. The normalized spacial score (nSPS) is 11.6. The Kier molecular flexibility index (Phi) is 7.34. The second kappa shape index (κ2) is 10.6. The molecule has 0 bridgehead atoms. The molecule has 0 saturated carbocycles. The average Bonchev–Trinajstić information content (AvgIpc) is 3.28. The van der Waals surface area contributed by atoms with Gasteiger partial charge in [-0.3, -0.25) is 14.9 Å². The largest absolute Gasteiger partial charge is 0.340 e. The summed E-state index contributed by atoms with van der Waals surface area (Å²) in [7, 11) is 0. The molecule has 1 atom stereocenters. The summed E-state index contributed by atoms with van der Waals surface area (Å²) in [5, 5.41) is 15.6. The van der Waals surface area contributed by atoms with Crippen LogP contribution in [0.25, 0.3) is 10.6 Å². The van der Waals surface area contributed by atoms with Crippen LogP contribution in [-0.4, -0.2) is 28.1 Å². The molecule has 6 nitrogen and oxygen atoms in total. The van der Waals surface area contributed by atoms with Crippen LogP contribution in [0.4, 0.5) is 5.13 Å². The van der Waals surface area contributed by atoms with E-state index in [9.17, 15) is 9.59 Å². The summed E-state index contributed by atoms with van der Waals surface area (Å²) in [6.45, 7) is 0. The number of halogens is 2. The third-order valence-electron chi connectivity index (χ3n) is 4.75. The highest BCUT2D eigenvalue weighted by atomic mass is 35.5. The van der Waals surface area contributed by atoms with Crippen molar-refractivity contribution in [2.75, 3.05) is 5.32 Å². The number of amides is 2. The van der Waals surface area contributed by atoms with Gasteiger partial charge in [0.15, 0.2) is 0 Å². The minimum Gasteiger partial charge on any atom is -0.340 e. The molecule has 3 aromatic carbocycles. The highest BCUT2D eigenvalue weighted by Gasteiger charge is 2.24. The van der Waals surface area contributed by atoms with E-state index in [1.54, 1.807) is 36.4 Å². The Morgan fingerprint density at radius 2 is 1.67 bits per heavy atom. The summed E-state index contributed by atoms with van der Waals surface area (Å²) in [6.07, 6.45) is 0.294. The first-order valence-corrected chi connectivity index (χ1v) is 11.6. The molecule has 2 amide bonds. The van der Waals surface area contributed by atoms with Gasteiger partial charge in [-0.1, -0.05) is 89.1 Å². The summed E-state index contributed by atoms with van der Waals surface area (Å²) in [5.41, 5.74) is 1.99. The molecule has 33 heavy (non-hydrogen) atoms. The highest BCUT2D eigenvalue weighted by molar-refractivity contribution is 7.18. The van der Waals surface area contributed by atoms with Gasteiger partial charge < -0.3 is 5.32 Å². The minimum absolute atomic E-state index is 0.294. The minimum atomic E-state index is -0.852. The Morgan fingerprint density at radius 3 is 2.42 bits per heavy atom. The SMILES string of the molecule is O=C(NC(Cc1ccccc1)C(=O)Nc1nnc(-c2cccc(Cl)c2)s1)c1ccccc1Cl. The van der Waals surface area contributed by atoms with Crippen LogP contribution >= 0.6 is 34.5 Å². The molecular formula is C24H18Cl2N4O2S. The number of benzene rings is 3. The topological polar surface area (TPSA) is 84.0 Å². The Hall–Kier alpha value is -3.26. The molecule has 0 spiro atoms. The predicted octanol–water partition coefficient (Wildman–Crippen LogP) is 5.49. The lowest BCUT2D eigenvalue weighted by Crippen LogP contribution is -2.45. The van der Waals surface area contributed by atoms with Crippen molar-refractivity contribution in [1.82, 2.24) is 15.5 Å². The Labute approximate surface area is 204 Å². The molecule has 0 aliphatic heterocycles. The van der Waals surface area contributed by atoms with Crippen molar-refractivity contribution in [1.29, 1.82) is 0 Å². The van der Waals surface area contributed by atoms with E-state index in [-0.39, 0.29) is 0 Å². The van der Waals surface area contributed by atoms with Gasteiger partial charge in [0.1, 0.15) is 11.0 Å². The van der Waals surface area contributed by atoms with Crippen LogP contribution < -0.4 is 10.6 Å². The molecule has 166 valence electrons. The maximum atomic E-state index is 13.1. The van der Waals surface area contributed by atoms with Gasteiger partial charge in [0.05, 0.1) is 10.6 Å². The number of hydrogen-bond acceptors (Lipinski definition) is 5. The van der Waals surface area contributed by atoms with E-state index in [1.165, 1.54) is 11.3 Å². The molecule has 0 aliphatic rings. The summed E-state index contributed by atoms with van der Waals surface area (Å²) >= 11 is 13.4. The van der Waals surface area contributed by atoms with Crippen LogP contribution in [0.3, 0.4) is 0 Å². The zero-order valence-corrected chi connectivity index (χ0v) is 19.5. The summed E-state index contributed by atoms with van der Waals surface area (Å²) in [6, 6.07) is 22.5. The first-order valence-electron chi connectivity index (χ1n) is 9.99. The fourth-order valence-electron chi connectivity index (χ4n) is 3.14. The maximum absolute atomic E-state index is 13.1. The van der Waals surface area contributed by atoms with E-state index in [4.69, 9.17) is 23.2 Å². The molecule has 0 radical (unpaired) electrons. The lowest BCUT2D eigenvalue weighted by Gasteiger charge is -2.18. The van der Waals surface area contributed by atoms with Gasteiger partial charge in [-0.2, -0.15) is 0 Å². The smallest absolute Gasteiger partial charge is 0.253 e. The van der Waals surface area contributed by atoms with Crippen molar-refractivity contribution < 1.29 is 9.59 Å². The Balaban J connectivity index is 1.53. The summed E-state index contributed by atoms with van der Waals surface area (Å²) < 4.78 is 0. The van der Waals surface area contributed by atoms with E-state index in [2.05, 4.69) is 20.8 Å². The van der Waals surface area contributed by atoms with Gasteiger partial charge in [-0.05, 0) is 29.8 Å². The number of nitrogens with one attached hydrogen (secondary N) is 2. The number of aromatic nitrogens is 2. The quantitative estimate of drug-likeness (QED) is 0.354. The molecule has 0 fully saturated rings. The molecule has 0 saturated heterocycles. The van der Waals surface area contributed by atoms with Crippen molar-refractivity contribution in [3.63, 3.8) is 0 Å². The zero-order valence-electron chi connectivity index (χ0n) is 17.2. The third-order valence-corrected chi connectivity index (χ3v) is 6.20. The number of nitrogens with zero attached hydrogens (tertiary/aromatic N) is 2. The molecular weight excluding hydrogens is 479 g/mol. The number of carbonyl (C=O) groups excluding carboxylic acids is 2. The molecule has 0 aliphatic carbocycles. The monoisotopic (exact) mass is 496 g/mol. The van der Waals surface area contributed by atoms with Gasteiger partial charge in [0.2, 0.25) is 11.0 Å². The fourth-order valence-corrected chi connectivity index (χ4v) is 4.30. The van der Waals surface area contributed by atoms with E-state index in [1.807, 2.05) is 42.5 Å².